The van der Waals surface area contributed by atoms with Gasteiger partial charge in [-0.3, -0.25) is 0 Å². The highest BCUT2D eigenvalue weighted by Crippen LogP contribution is 2.37. The molecular weight excluding hydrogens is 252 g/mol. The Morgan fingerprint density at radius 3 is 2.27 bits per heavy atom. The summed E-state index contributed by atoms with van der Waals surface area (Å²) in [5, 5.41) is 1.13. The second-order valence-electron chi connectivity index (χ2n) is 5.51. The average molecular weight is 275 g/mol. The van der Waals surface area contributed by atoms with Crippen LogP contribution in [0.2, 0.25) is 0 Å². The molecule has 0 atom stereocenters. The lowest BCUT2D eigenvalue weighted by Gasteiger charge is -2.30. The molecule has 2 heteroatoms. The van der Waals surface area contributed by atoms with Crippen LogP contribution >= 0.6 is 15.9 Å². The molecule has 0 radical (unpaired) electrons. The zero-order valence-electron chi connectivity index (χ0n) is 9.64. The van der Waals surface area contributed by atoms with Crippen LogP contribution in [0.1, 0.15) is 51.4 Å². The van der Waals surface area contributed by atoms with E-state index in [0.29, 0.717) is 5.41 Å². The highest BCUT2D eigenvalue weighted by Gasteiger charge is 2.31. The molecule has 2 rings (SSSR count). The highest BCUT2D eigenvalue weighted by atomic mass is 79.9. The number of alkyl halides is 1. The van der Waals surface area contributed by atoms with Crippen molar-refractivity contribution in [2.45, 2.75) is 51.4 Å². The van der Waals surface area contributed by atoms with Crippen LogP contribution < -0.4 is 0 Å². The third-order valence-electron chi connectivity index (χ3n) is 3.91. The van der Waals surface area contributed by atoms with Gasteiger partial charge >= 0.3 is 0 Å². The molecule has 0 aliphatic heterocycles. The smallest absolute Gasteiger partial charge is 0.0530 e. The molecule has 1 nitrogen and oxygen atoms in total. The van der Waals surface area contributed by atoms with E-state index in [2.05, 4.69) is 15.9 Å². The van der Waals surface area contributed by atoms with Crippen LogP contribution in [0.15, 0.2) is 0 Å². The minimum absolute atomic E-state index is 0.464. The Balaban J connectivity index is 1.75. The van der Waals surface area contributed by atoms with Gasteiger partial charge in [-0.2, -0.15) is 0 Å². The summed E-state index contributed by atoms with van der Waals surface area (Å²) in [6.07, 6.45) is 11.2. The van der Waals surface area contributed by atoms with Gasteiger partial charge in [0.1, 0.15) is 0 Å². The lowest BCUT2D eigenvalue weighted by atomic mass is 9.83. The first kappa shape index (κ1) is 11.9. The number of hydrogen-bond acceptors (Lipinski definition) is 1. The Labute approximate surface area is 102 Å². The monoisotopic (exact) mass is 274 g/mol. The molecule has 0 heterocycles. The third-order valence-corrected chi connectivity index (χ3v) is 5.10. The zero-order chi connectivity index (χ0) is 10.6. The van der Waals surface area contributed by atoms with Crippen molar-refractivity contribution in [1.82, 2.24) is 0 Å². The fourth-order valence-corrected chi connectivity index (χ4v) is 3.24. The van der Waals surface area contributed by atoms with Crippen LogP contribution in [-0.2, 0) is 4.74 Å². The number of rotatable bonds is 5. The van der Waals surface area contributed by atoms with Gasteiger partial charge < -0.3 is 4.74 Å². The predicted octanol–water partition coefficient (Wildman–Crippen LogP) is 4.15. The van der Waals surface area contributed by atoms with Gasteiger partial charge in [-0.25, -0.2) is 0 Å². The first-order valence-corrected chi connectivity index (χ1v) is 7.61. The Kier molecular flexibility index (Phi) is 4.51. The van der Waals surface area contributed by atoms with Gasteiger partial charge in [-0.15, -0.1) is 0 Å². The fraction of sp³-hybridized carbons (Fsp3) is 1.00. The van der Waals surface area contributed by atoms with Crippen LogP contribution in [0, 0.1) is 11.3 Å². The van der Waals surface area contributed by atoms with E-state index < -0.39 is 0 Å². The minimum atomic E-state index is 0.464. The molecule has 2 fully saturated rings. The molecule has 88 valence electrons. The van der Waals surface area contributed by atoms with Crippen molar-refractivity contribution in [3.05, 3.63) is 0 Å². The Bertz CT molecular complexity index is 181. The van der Waals surface area contributed by atoms with Gasteiger partial charge in [-0.05, 0) is 31.6 Å². The summed E-state index contributed by atoms with van der Waals surface area (Å²) in [7, 11) is 0. The maximum atomic E-state index is 5.92. The second kappa shape index (κ2) is 5.67. The molecule has 2 aliphatic carbocycles. The Morgan fingerprint density at radius 2 is 1.73 bits per heavy atom. The van der Waals surface area contributed by atoms with Crippen LogP contribution in [-0.4, -0.2) is 18.5 Å². The summed E-state index contributed by atoms with van der Waals surface area (Å²) >= 11 is 3.71. The van der Waals surface area contributed by atoms with Crippen molar-refractivity contribution in [3.8, 4) is 0 Å². The summed E-state index contributed by atoms with van der Waals surface area (Å²) in [4.78, 5) is 0. The highest BCUT2D eigenvalue weighted by molar-refractivity contribution is 9.09. The van der Waals surface area contributed by atoms with Crippen LogP contribution in [0.25, 0.3) is 0 Å². The minimum Gasteiger partial charge on any atom is -0.381 e. The largest absolute Gasteiger partial charge is 0.381 e. The first-order chi connectivity index (χ1) is 7.35. The molecule has 15 heavy (non-hydrogen) atoms. The number of hydrogen-bond donors (Lipinski definition) is 0. The summed E-state index contributed by atoms with van der Waals surface area (Å²) in [5.74, 6) is 0.906. The van der Waals surface area contributed by atoms with Crippen molar-refractivity contribution >= 4 is 15.9 Å². The molecule has 0 saturated heterocycles. The fourth-order valence-electron chi connectivity index (χ4n) is 2.52. The molecular formula is C13H23BrO. The normalized spacial score (nSPS) is 26.2. The Hall–Kier alpha value is 0.440. The molecule has 0 unspecified atom stereocenters. The first-order valence-electron chi connectivity index (χ1n) is 6.48. The molecule has 0 aromatic carbocycles. The molecule has 0 N–H and O–H groups in total. The van der Waals surface area contributed by atoms with E-state index in [1.54, 1.807) is 0 Å². The van der Waals surface area contributed by atoms with Crippen molar-refractivity contribution in [2.75, 3.05) is 18.5 Å². The quantitative estimate of drug-likeness (QED) is 0.541. The number of ether oxygens (including phenoxy) is 1. The topological polar surface area (TPSA) is 9.23 Å². The molecule has 0 amide bonds. The van der Waals surface area contributed by atoms with Crippen molar-refractivity contribution < 1.29 is 4.74 Å². The van der Waals surface area contributed by atoms with E-state index >= 15 is 0 Å². The maximum absolute atomic E-state index is 5.92. The van der Waals surface area contributed by atoms with Gasteiger partial charge in [0, 0.05) is 17.4 Å². The maximum Gasteiger partial charge on any atom is 0.0530 e. The van der Waals surface area contributed by atoms with Crippen LogP contribution in [0.4, 0.5) is 0 Å². The van der Waals surface area contributed by atoms with Crippen molar-refractivity contribution in [1.29, 1.82) is 0 Å². The van der Waals surface area contributed by atoms with Crippen molar-refractivity contribution in [2.24, 2.45) is 11.3 Å². The molecule has 2 aliphatic rings. The summed E-state index contributed by atoms with van der Waals surface area (Å²) < 4.78 is 5.92. The lowest BCUT2D eigenvalue weighted by molar-refractivity contribution is 0.0418. The van der Waals surface area contributed by atoms with E-state index in [4.69, 9.17) is 4.74 Å². The predicted molar refractivity (Wildman–Crippen MR) is 67.5 cm³/mol. The second-order valence-corrected chi connectivity index (χ2v) is 6.07. The summed E-state index contributed by atoms with van der Waals surface area (Å²) in [6, 6.07) is 0. The van der Waals surface area contributed by atoms with Gasteiger partial charge in [0.25, 0.3) is 0 Å². The lowest BCUT2D eigenvalue weighted by Crippen LogP contribution is -2.28. The van der Waals surface area contributed by atoms with Gasteiger partial charge in [0.05, 0.1) is 6.61 Å². The summed E-state index contributed by atoms with van der Waals surface area (Å²) in [5.41, 5.74) is 0.464. The van der Waals surface area contributed by atoms with Gasteiger partial charge in [0.15, 0.2) is 0 Å². The standard InChI is InChI=1S/C13H23BrO/c14-10-13(7-3-1-2-4-8-13)11-15-9-12-5-6-12/h12H,1-11H2. The van der Waals surface area contributed by atoms with Gasteiger partial charge in [-0.1, -0.05) is 41.6 Å². The zero-order valence-corrected chi connectivity index (χ0v) is 11.2. The SMILES string of the molecule is BrCC1(COCC2CC2)CCCCCC1. The van der Waals surface area contributed by atoms with Crippen molar-refractivity contribution in [3.63, 3.8) is 0 Å². The van der Waals surface area contributed by atoms with E-state index in [-0.39, 0.29) is 0 Å². The van der Waals surface area contributed by atoms with E-state index in [0.717, 1.165) is 24.5 Å². The van der Waals surface area contributed by atoms with Crippen LogP contribution in [0.3, 0.4) is 0 Å². The molecule has 0 aromatic heterocycles. The summed E-state index contributed by atoms with van der Waals surface area (Å²) in [6.45, 7) is 2.02. The third kappa shape index (κ3) is 3.74. The molecule has 0 bridgehead atoms. The molecule has 0 aromatic rings. The van der Waals surface area contributed by atoms with Gasteiger partial charge in [0.2, 0.25) is 0 Å². The van der Waals surface area contributed by atoms with E-state index in [9.17, 15) is 0 Å². The Morgan fingerprint density at radius 1 is 1.07 bits per heavy atom. The average Bonchev–Trinajstić information content (AvgIpc) is 3.05. The van der Waals surface area contributed by atoms with E-state index in [1.165, 1.54) is 51.4 Å². The molecule has 0 spiro atoms. The number of halogens is 1. The van der Waals surface area contributed by atoms with E-state index in [1.807, 2.05) is 0 Å². The molecule has 2 saturated carbocycles. The van der Waals surface area contributed by atoms with Crippen LogP contribution in [0.5, 0.6) is 0 Å².